The van der Waals surface area contributed by atoms with Crippen LogP contribution in [0.25, 0.3) is 11.5 Å². The minimum atomic E-state index is -4.45. The van der Waals surface area contributed by atoms with Gasteiger partial charge in [-0.1, -0.05) is 18.2 Å². The maximum atomic E-state index is 13.6. The molecule has 2 aromatic carbocycles. The first-order valence-corrected chi connectivity index (χ1v) is 14.1. The van der Waals surface area contributed by atoms with Crippen LogP contribution in [0.2, 0.25) is 0 Å². The lowest BCUT2D eigenvalue weighted by Crippen LogP contribution is -2.40. The molecule has 8 nitrogen and oxygen atoms in total. The molecule has 0 fully saturated rings. The second-order valence-electron chi connectivity index (χ2n) is 9.53. The maximum absolute atomic E-state index is 13.6. The van der Waals surface area contributed by atoms with Crippen LogP contribution in [0.15, 0.2) is 93.4 Å². The van der Waals surface area contributed by atoms with E-state index in [0.717, 1.165) is 22.0 Å². The van der Waals surface area contributed by atoms with Crippen molar-refractivity contribution < 1.29 is 40.6 Å². The van der Waals surface area contributed by atoms with Gasteiger partial charge < -0.3 is 14.3 Å². The van der Waals surface area contributed by atoms with Crippen LogP contribution in [-0.4, -0.2) is 34.8 Å². The SMILES string of the molecule is Cc1oc(-c2ccc(C(F)(F)F)cc2)nc1COc1ccc(S(=O)(=O)N2C3=C(CC/C=C/C=C3)C[C@@H]2C(=O)O)cc1. The van der Waals surface area contributed by atoms with Gasteiger partial charge in [-0.25, -0.2) is 18.2 Å². The standard InChI is InChI=1S/C29H25F3N2O6S/c1-18-24(33-27(40-18)19-8-10-21(11-9-19)29(30,31)32)17-39-22-12-14-23(15-13-22)41(37,38)34-25-7-5-3-2-4-6-20(25)16-26(34)28(35)36/h2-3,5,7-15,26H,4,6,16-17H2,1H3,(H,35,36)/b3-2+,7-5?/t26-/m1/s1. The molecule has 0 spiro atoms. The molecule has 1 aromatic heterocycles. The molecule has 0 saturated heterocycles. The van der Waals surface area contributed by atoms with Crippen LogP contribution >= 0.6 is 0 Å². The number of carboxylic acid groups (broad SMARTS) is 1. The molecule has 0 amide bonds. The second-order valence-corrected chi connectivity index (χ2v) is 11.3. The Labute approximate surface area is 234 Å². The van der Waals surface area contributed by atoms with Gasteiger partial charge in [0.15, 0.2) is 0 Å². The summed E-state index contributed by atoms with van der Waals surface area (Å²) in [7, 11) is -4.20. The molecule has 3 aromatic rings. The number of carboxylic acids is 1. The third kappa shape index (κ3) is 5.78. The van der Waals surface area contributed by atoms with E-state index in [1.165, 1.54) is 36.4 Å². The summed E-state index contributed by atoms with van der Waals surface area (Å²) in [6.07, 6.45) is 4.01. The lowest BCUT2D eigenvalue weighted by molar-refractivity contribution is -0.140. The van der Waals surface area contributed by atoms with Crippen molar-refractivity contribution >= 4 is 16.0 Å². The number of aryl methyl sites for hydroxylation is 1. The Morgan fingerprint density at radius 1 is 1.12 bits per heavy atom. The third-order valence-corrected chi connectivity index (χ3v) is 8.67. The minimum absolute atomic E-state index is 0.0379. The molecular weight excluding hydrogens is 561 g/mol. The second kappa shape index (κ2) is 10.9. The van der Waals surface area contributed by atoms with Gasteiger partial charge in [0.25, 0.3) is 10.0 Å². The number of aliphatic carboxylic acids is 1. The Morgan fingerprint density at radius 3 is 2.49 bits per heavy atom. The number of allylic oxidation sites excluding steroid dienone is 4. The Bertz CT molecular complexity index is 1650. The highest BCUT2D eigenvalue weighted by atomic mass is 32.2. The molecule has 1 N–H and O–H groups in total. The molecular formula is C29H25F3N2O6S. The summed E-state index contributed by atoms with van der Waals surface area (Å²) in [5, 5.41) is 9.79. The average Bonchev–Trinajstić information content (AvgIpc) is 3.47. The number of benzene rings is 2. The van der Waals surface area contributed by atoms with Gasteiger partial charge in [-0.15, -0.1) is 0 Å². The number of oxazole rings is 1. The number of carbonyl (C=O) groups is 1. The lowest BCUT2D eigenvalue weighted by Gasteiger charge is -2.25. The van der Waals surface area contributed by atoms with Crippen molar-refractivity contribution in [3.63, 3.8) is 0 Å². The smallest absolute Gasteiger partial charge is 0.416 e. The van der Waals surface area contributed by atoms with E-state index < -0.39 is 33.8 Å². The van der Waals surface area contributed by atoms with Crippen molar-refractivity contribution in [3.05, 3.63) is 101 Å². The molecule has 2 heterocycles. The van der Waals surface area contributed by atoms with Crippen LogP contribution in [-0.2, 0) is 27.6 Å². The van der Waals surface area contributed by atoms with Crippen LogP contribution in [0.1, 0.15) is 36.3 Å². The van der Waals surface area contributed by atoms with Crippen LogP contribution in [0.3, 0.4) is 0 Å². The average molecular weight is 587 g/mol. The monoisotopic (exact) mass is 586 g/mol. The number of aromatic nitrogens is 1. The first-order chi connectivity index (χ1) is 19.4. The molecule has 0 unspecified atom stereocenters. The van der Waals surface area contributed by atoms with Gasteiger partial charge in [-0.05, 0) is 79.9 Å². The van der Waals surface area contributed by atoms with Crippen LogP contribution in [0, 0.1) is 6.92 Å². The first-order valence-electron chi connectivity index (χ1n) is 12.6. The summed E-state index contributed by atoms with van der Waals surface area (Å²) < 4.78 is 78.1. The van der Waals surface area contributed by atoms with Crippen LogP contribution in [0.4, 0.5) is 13.2 Å². The number of sulfonamides is 1. The van der Waals surface area contributed by atoms with Gasteiger partial charge in [0.1, 0.15) is 29.9 Å². The number of rotatable bonds is 7. The van der Waals surface area contributed by atoms with Crippen molar-refractivity contribution in [1.82, 2.24) is 9.29 Å². The van der Waals surface area contributed by atoms with E-state index in [1.54, 1.807) is 25.2 Å². The maximum Gasteiger partial charge on any atom is 0.416 e. The molecule has 1 aliphatic heterocycles. The van der Waals surface area contributed by atoms with Crippen molar-refractivity contribution in [3.8, 4) is 17.2 Å². The number of ether oxygens (including phenoxy) is 1. The van der Waals surface area contributed by atoms with Gasteiger partial charge in [-0.2, -0.15) is 13.2 Å². The van der Waals surface area contributed by atoms with Crippen molar-refractivity contribution in [2.45, 2.75) is 49.9 Å². The first kappa shape index (κ1) is 28.2. The van der Waals surface area contributed by atoms with Crippen molar-refractivity contribution in [2.75, 3.05) is 0 Å². The summed E-state index contributed by atoms with van der Waals surface area (Å²) in [5.74, 6) is -0.337. The molecule has 0 radical (unpaired) electrons. The van der Waals surface area contributed by atoms with Crippen LogP contribution in [0.5, 0.6) is 5.75 Å². The van der Waals surface area contributed by atoms with Gasteiger partial charge in [-0.3, -0.25) is 4.31 Å². The highest BCUT2D eigenvalue weighted by molar-refractivity contribution is 7.89. The van der Waals surface area contributed by atoms with E-state index in [9.17, 15) is 31.5 Å². The fourth-order valence-electron chi connectivity index (χ4n) is 4.69. The normalized spacial score (nSPS) is 18.1. The Hall–Kier alpha value is -4.32. The highest BCUT2D eigenvalue weighted by Gasteiger charge is 2.43. The molecule has 1 aliphatic carbocycles. The fourth-order valence-corrected chi connectivity index (χ4v) is 6.35. The number of hydrogen-bond donors (Lipinski definition) is 1. The number of halogens is 3. The van der Waals surface area contributed by atoms with E-state index in [0.29, 0.717) is 41.3 Å². The Kier molecular flexibility index (Phi) is 7.52. The quantitative estimate of drug-likeness (QED) is 0.348. The minimum Gasteiger partial charge on any atom is -0.487 e. The predicted molar refractivity (Wildman–Crippen MR) is 142 cm³/mol. The Morgan fingerprint density at radius 2 is 1.83 bits per heavy atom. The van der Waals surface area contributed by atoms with Gasteiger partial charge in [0.05, 0.1) is 16.2 Å². The van der Waals surface area contributed by atoms with E-state index in [4.69, 9.17) is 9.15 Å². The summed E-state index contributed by atoms with van der Waals surface area (Å²) in [5.41, 5.74) is 1.17. The topological polar surface area (TPSA) is 110 Å². The molecule has 12 heteroatoms. The molecule has 2 aliphatic rings. The summed E-state index contributed by atoms with van der Waals surface area (Å²) in [4.78, 5) is 16.2. The molecule has 0 bridgehead atoms. The number of hydrogen-bond acceptors (Lipinski definition) is 6. The van der Waals surface area contributed by atoms with Crippen molar-refractivity contribution in [1.29, 1.82) is 0 Å². The molecule has 5 rings (SSSR count). The Balaban J connectivity index is 1.31. The van der Waals surface area contributed by atoms with Gasteiger partial charge in [0, 0.05) is 12.0 Å². The molecule has 41 heavy (non-hydrogen) atoms. The van der Waals surface area contributed by atoms with E-state index in [2.05, 4.69) is 4.98 Å². The van der Waals surface area contributed by atoms with Crippen LogP contribution < -0.4 is 4.74 Å². The molecule has 214 valence electrons. The lowest BCUT2D eigenvalue weighted by atomic mass is 10.0. The summed E-state index contributed by atoms with van der Waals surface area (Å²) >= 11 is 0. The fraction of sp³-hybridized carbons (Fsp3) is 0.241. The van der Waals surface area contributed by atoms with E-state index in [-0.39, 0.29) is 23.8 Å². The zero-order valence-electron chi connectivity index (χ0n) is 21.8. The molecule has 0 saturated carbocycles. The van der Waals surface area contributed by atoms with Gasteiger partial charge >= 0.3 is 12.1 Å². The zero-order chi connectivity index (χ0) is 29.4. The number of nitrogens with zero attached hydrogens (tertiary/aromatic N) is 2. The van der Waals surface area contributed by atoms with E-state index >= 15 is 0 Å². The number of alkyl halides is 3. The zero-order valence-corrected chi connectivity index (χ0v) is 22.6. The highest BCUT2D eigenvalue weighted by Crippen LogP contribution is 2.38. The summed E-state index contributed by atoms with van der Waals surface area (Å²) in [6, 6.07) is 8.80. The largest absolute Gasteiger partial charge is 0.487 e. The predicted octanol–water partition coefficient (Wildman–Crippen LogP) is 6.26. The summed E-state index contributed by atoms with van der Waals surface area (Å²) in [6.45, 7) is 1.61. The van der Waals surface area contributed by atoms with Gasteiger partial charge in [0.2, 0.25) is 5.89 Å². The van der Waals surface area contributed by atoms with E-state index in [1.807, 2.05) is 6.08 Å². The third-order valence-electron chi connectivity index (χ3n) is 6.83. The molecule has 1 atom stereocenters. The van der Waals surface area contributed by atoms with Crippen molar-refractivity contribution in [2.24, 2.45) is 0 Å².